The minimum atomic E-state index is -0.360. The fraction of sp³-hybridized carbons (Fsp3) is 0.500. The highest BCUT2D eigenvalue weighted by Gasteiger charge is 2.24. The number of rotatable bonds is 3. The minimum Gasteiger partial charge on any atom is -0.388 e. The van der Waals surface area contributed by atoms with Gasteiger partial charge in [-0.1, -0.05) is 45.9 Å². The van der Waals surface area contributed by atoms with Crippen LogP contribution in [0.4, 0.5) is 0 Å². The lowest BCUT2D eigenvalue weighted by Gasteiger charge is -2.29. The average Bonchev–Trinajstić information content (AvgIpc) is 2.74. The van der Waals surface area contributed by atoms with Crippen molar-refractivity contribution in [2.45, 2.75) is 40.2 Å². The van der Waals surface area contributed by atoms with Crippen molar-refractivity contribution in [1.29, 1.82) is 0 Å². The highest BCUT2D eigenvalue weighted by molar-refractivity contribution is 7.17. The maximum atomic E-state index is 10.5. The molecule has 18 heavy (non-hydrogen) atoms. The van der Waals surface area contributed by atoms with Gasteiger partial charge < -0.3 is 5.11 Å². The third-order valence-electron chi connectivity index (χ3n) is 3.92. The van der Waals surface area contributed by atoms with Crippen LogP contribution in [0.2, 0.25) is 0 Å². The van der Waals surface area contributed by atoms with Crippen molar-refractivity contribution < 1.29 is 5.11 Å². The summed E-state index contributed by atoms with van der Waals surface area (Å²) in [4.78, 5) is 0. The summed E-state index contributed by atoms with van der Waals surface area (Å²) < 4.78 is 1.23. The van der Waals surface area contributed by atoms with Gasteiger partial charge in [-0.15, -0.1) is 11.3 Å². The van der Waals surface area contributed by atoms with E-state index in [4.69, 9.17) is 0 Å². The molecule has 2 heteroatoms. The lowest BCUT2D eigenvalue weighted by molar-refractivity contribution is 0.112. The fourth-order valence-electron chi connectivity index (χ4n) is 2.09. The maximum Gasteiger partial charge on any atom is 0.0806 e. The van der Waals surface area contributed by atoms with Crippen LogP contribution in [-0.2, 0) is 0 Å². The van der Waals surface area contributed by atoms with Crippen LogP contribution in [0.25, 0.3) is 10.1 Å². The summed E-state index contributed by atoms with van der Waals surface area (Å²) in [7, 11) is 0. The number of aliphatic hydroxyl groups excluding tert-OH is 1. The molecule has 1 aromatic heterocycles. The van der Waals surface area contributed by atoms with Gasteiger partial charge in [0.1, 0.15) is 0 Å². The fourth-order valence-corrected chi connectivity index (χ4v) is 3.06. The van der Waals surface area contributed by atoms with Crippen molar-refractivity contribution in [1.82, 2.24) is 0 Å². The third-order valence-corrected chi connectivity index (χ3v) is 4.90. The smallest absolute Gasteiger partial charge is 0.0806 e. The lowest BCUT2D eigenvalue weighted by Crippen LogP contribution is -2.19. The second-order valence-electron chi connectivity index (χ2n) is 6.20. The minimum absolute atomic E-state index is 0.240. The maximum absolute atomic E-state index is 10.5. The van der Waals surface area contributed by atoms with E-state index >= 15 is 0 Å². The van der Waals surface area contributed by atoms with E-state index in [1.54, 1.807) is 11.3 Å². The summed E-state index contributed by atoms with van der Waals surface area (Å²) >= 11 is 1.72. The van der Waals surface area contributed by atoms with Gasteiger partial charge in [0.25, 0.3) is 0 Å². The molecule has 0 aliphatic heterocycles. The van der Waals surface area contributed by atoms with Crippen LogP contribution in [0, 0.1) is 11.3 Å². The average molecular weight is 262 g/mol. The van der Waals surface area contributed by atoms with E-state index in [9.17, 15) is 5.11 Å². The molecule has 1 heterocycles. The number of hydrogen-bond acceptors (Lipinski definition) is 2. The molecule has 0 saturated carbocycles. The highest BCUT2D eigenvalue weighted by Crippen LogP contribution is 2.36. The standard InChI is InChI=1S/C16H22OS/c1-11(16(2,3)4)10-14(17)13-7-5-6-12-8-9-18-15(12)13/h5-9,11,14,17H,10H2,1-4H3. The van der Waals surface area contributed by atoms with Gasteiger partial charge in [0.2, 0.25) is 0 Å². The van der Waals surface area contributed by atoms with Crippen LogP contribution < -0.4 is 0 Å². The van der Waals surface area contributed by atoms with E-state index in [2.05, 4.69) is 51.3 Å². The van der Waals surface area contributed by atoms with Crippen LogP contribution in [0.3, 0.4) is 0 Å². The number of aliphatic hydroxyl groups is 1. The normalized spacial score (nSPS) is 15.8. The summed E-state index contributed by atoms with van der Waals surface area (Å²) in [6, 6.07) is 8.31. The monoisotopic (exact) mass is 262 g/mol. The topological polar surface area (TPSA) is 20.2 Å². The van der Waals surface area contributed by atoms with E-state index in [0.717, 1.165) is 12.0 Å². The van der Waals surface area contributed by atoms with Crippen LogP contribution >= 0.6 is 11.3 Å². The molecule has 0 spiro atoms. The number of fused-ring (bicyclic) bond motifs is 1. The van der Waals surface area contributed by atoms with Crippen molar-refractivity contribution in [3.8, 4) is 0 Å². The first kappa shape index (κ1) is 13.6. The Bertz CT molecular complexity index is 521. The molecule has 0 aliphatic carbocycles. The van der Waals surface area contributed by atoms with Crippen LogP contribution in [0.15, 0.2) is 29.6 Å². The van der Waals surface area contributed by atoms with Gasteiger partial charge >= 0.3 is 0 Å². The zero-order valence-electron chi connectivity index (χ0n) is 11.6. The molecule has 1 aromatic carbocycles. The lowest BCUT2D eigenvalue weighted by atomic mass is 9.78. The van der Waals surface area contributed by atoms with Gasteiger partial charge in [0.15, 0.2) is 0 Å². The molecule has 0 saturated heterocycles. The van der Waals surface area contributed by atoms with Gasteiger partial charge in [-0.3, -0.25) is 0 Å². The Labute approximate surface area is 113 Å². The molecule has 2 atom stereocenters. The van der Waals surface area contributed by atoms with Crippen LogP contribution in [-0.4, -0.2) is 5.11 Å². The molecule has 0 bridgehead atoms. The molecular weight excluding hydrogens is 240 g/mol. The first-order valence-electron chi connectivity index (χ1n) is 6.54. The molecule has 2 unspecified atom stereocenters. The quantitative estimate of drug-likeness (QED) is 0.824. The molecule has 0 fully saturated rings. The summed E-state index contributed by atoms with van der Waals surface area (Å²) in [6.45, 7) is 8.92. The second-order valence-corrected chi connectivity index (χ2v) is 7.12. The van der Waals surface area contributed by atoms with Gasteiger partial charge in [-0.25, -0.2) is 0 Å². The van der Waals surface area contributed by atoms with E-state index in [1.165, 1.54) is 10.1 Å². The van der Waals surface area contributed by atoms with Crippen molar-refractivity contribution in [2.24, 2.45) is 11.3 Å². The Hall–Kier alpha value is -0.860. The van der Waals surface area contributed by atoms with Gasteiger partial charge in [0.05, 0.1) is 6.10 Å². The Morgan fingerprint density at radius 2 is 1.94 bits per heavy atom. The van der Waals surface area contributed by atoms with Gasteiger partial charge in [0, 0.05) is 4.70 Å². The summed E-state index contributed by atoms with van der Waals surface area (Å²) in [6.07, 6.45) is 0.460. The number of benzene rings is 1. The molecule has 1 nitrogen and oxygen atoms in total. The highest BCUT2D eigenvalue weighted by atomic mass is 32.1. The second kappa shape index (κ2) is 5.02. The Kier molecular flexibility index (Phi) is 3.79. The Morgan fingerprint density at radius 3 is 2.61 bits per heavy atom. The van der Waals surface area contributed by atoms with Crippen molar-refractivity contribution >= 4 is 21.4 Å². The van der Waals surface area contributed by atoms with E-state index in [1.807, 2.05) is 6.07 Å². The Morgan fingerprint density at radius 1 is 1.22 bits per heavy atom. The predicted molar refractivity (Wildman–Crippen MR) is 80.0 cm³/mol. The summed E-state index contributed by atoms with van der Waals surface area (Å²) in [5.74, 6) is 0.489. The molecule has 2 aromatic rings. The summed E-state index contributed by atoms with van der Waals surface area (Å²) in [5.41, 5.74) is 1.32. The van der Waals surface area contributed by atoms with Crippen molar-refractivity contribution in [3.05, 3.63) is 35.2 Å². The summed E-state index contributed by atoms with van der Waals surface area (Å²) in [5, 5.41) is 13.8. The largest absolute Gasteiger partial charge is 0.388 e. The Balaban J connectivity index is 2.23. The van der Waals surface area contributed by atoms with E-state index < -0.39 is 0 Å². The van der Waals surface area contributed by atoms with Gasteiger partial charge in [-0.2, -0.15) is 0 Å². The molecule has 98 valence electrons. The molecule has 1 N–H and O–H groups in total. The third kappa shape index (κ3) is 2.76. The predicted octanol–water partition coefficient (Wildman–Crippen LogP) is 5.01. The van der Waals surface area contributed by atoms with Crippen molar-refractivity contribution in [2.75, 3.05) is 0 Å². The van der Waals surface area contributed by atoms with E-state index in [-0.39, 0.29) is 11.5 Å². The van der Waals surface area contributed by atoms with Crippen LogP contribution in [0.1, 0.15) is 45.8 Å². The first-order valence-corrected chi connectivity index (χ1v) is 7.41. The molecule has 0 aliphatic rings. The number of thiophene rings is 1. The van der Waals surface area contributed by atoms with Gasteiger partial charge in [-0.05, 0) is 40.1 Å². The SMILES string of the molecule is CC(CC(O)c1cccc2ccsc12)C(C)(C)C. The van der Waals surface area contributed by atoms with Crippen LogP contribution in [0.5, 0.6) is 0 Å². The zero-order valence-corrected chi connectivity index (χ0v) is 12.4. The zero-order chi connectivity index (χ0) is 13.3. The molecule has 2 rings (SSSR count). The van der Waals surface area contributed by atoms with E-state index in [0.29, 0.717) is 5.92 Å². The molecule has 0 amide bonds. The van der Waals surface area contributed by atoms with Crippen molar-refractivity contribution in [3.63, 3.8) is 0 Å². The number of hydrogen-bond donors (Lipinski definition) is 1. The molecule has 0 radical (unpaired) electrons. The molecular formula is C16H22OS. The first-order chi connectivity index (χ1) is 8.39.